The molecule has 1 aromatic carbocycles. The molecule has 0 unspecified atom stereocenters. The average molecular weight is 411 g/mol. The lowest BCUT2D eigenvalue weighted by atomic mass is 10.0. The van der Waals surface area contributed by atoms with Crippen LogP contribution in [0.1, 0.15) is 57.8 Å². The SMILES string of the molecule is CC1CCN(S(=O)(=O)c2ccc(C(=O)O[C@@H](C)C(=O)NC(C)(C)C)cc2)CC1. The van der Waals surface area contributed by atoms with E-state index in [-0.39, 0.29) is 16.4 Å². The van der Waals surface area contributed by atoms with Gasteiger partial charge in [-0.25, -0.2) is 13.2 Å². The zero-order valence-electron chi connectivity index (χ0n) is 17.2. The highest BCUT2D eigenvalue weighted by atomic mass is 32.2. The van der Waals surface area contributed by atoms with Crippen LogP contribution in [0.5, 0.6) is 0 Å². The minimum absolute atomic E-state index is 0.150. The molecule has 1 N–H and O–H groups in total. The molecule has 1 fully saturated rings. The van der Waals surface area contributed by atoms with Gasteiger partial charge in [0.1, 0.15) is 0 Å². The van der Waals surface area contributed by atoms with Crippen LogP contribution in [0.2, 0.25) is 0 Å². The third-order valence-electron chi connectivity index (χ3n) is 4.62. The molecule has 1 saturated heterocycles. The van der Waals surface area contributed by atoms with Crippen LogP contribution < -0.4 is 5.32 Å². The second-order valence-electron chi connectivity index (χ2n) is 8.40. The van der Waals surface area contributed by atoms with Crippen LogP contribution in [-0.4, -0.2) is 49.3 Å². The van der Waals surface area contributed by atoms with Gasteiger partial charge in [-0.2, -0.15) is 4.31 Å². The van der Waals surface area contributed by atoms with E-state index in [2.05, 4.69) is 12.2 Å². The number of nitrogens with one attached hydrogen (secondary N) is 1. The molecule has 156 valence electrons. The lowest BCUT2D eigenvalue weighted by Crippen LogP contribution is -2.46. The Balaban J connectivity index is 2.03. The molecule has 0 aliphatic carbocycles. The summed E-state index contributed by atoms with van der Waals surface area (Å²) in [6.45, 7) is 10.1. The van der Waals surface area contributed by atoms with E-state index >= 15 is 0 Å². The molecule has 0 spiro atoms. The molecular formula is C20H30N2O5S. The second kappa shape index (κ2) is 8.61. The molecule has 1 aliphatic rings. The summed E-state index contributed by atoms with van der Waals surface area (Å²) in [6.07, 6.45) is 0.738. The van der Waals surface area contributed by atoms with Crippen molar-refractivity contribution < 1.29 is 22.7 Å². The Kier molecular flexibility index (Phi) is 6.88. The Morgan fingerprint density at radius 3 is 2.18 bits per heavy atom. The molecule has 0 radical (unpaired) electrons. The van der Waals surface area contributed by atoms with Crippen molar-refractivity contribution in [1.29, 1.82) is 0 Å². The number of hydrogen-bond acceptors (Lipinski definition) is 5. The highest BCUT2D eigenvalue weighted by molar-refractivity contribution is 7.89. The highest BCUT2D eigenvalue weighted by Gasteiger charge is 2.28. The molecule has 2 rings (SSSR count). The van der Waals surface area contributed by atoms with E-state index in [1.54, 1.807) is 0 Å². The maximum Gasteiger partial charge on any atom is 0.338 e. The average Bonchev–Trinajstić information content (AvgIpc) is 2.60. The van der Waals surface area contributed by atoms with Crippen molar-refractivity contribution in [1.82, 2.24) is 9.62 Å². The Bertz CT molecular complexity index is 804. The fourth-order valence-corrected chi connectivity index (χ4v) is 4.36. The van der Waals surface area contributed by atoms with Gasteiger partial charge in [0, 0.05) is 18.6 Å². The number of amides is 1. The molecule has 1 aliphatic heterocycles. The predicted octanol–water partition coefficient (Wildman–Crippen LogP) is 2.57. The lowest BCUT2D eigenvalue weighted by Gasteiger charge is -2.29. The molecule has 1 amide bonds. The lowest BCUT2D eigenvalue weighted by molar-refractivity contribution is -0.130. The van der Waals surface area contributed by atoms with E-state index in [1.165, 1.54) is 35.5 Å². The summed E-state index contributed by atoms with van der Waals surface area (Å²) in [6, 6.07) is 5.64. The molecule has 1 heterocycles. The highest BCUT2D eigenvalue weighted by Crippen LogP contribution is 2.23. The van der Waals surface area contributed by atoms with E-state index < -0.39 is 27.6 Å². The quantitative estimate of drug-likeness (QED) is 0.753. The Morgan fingerprint density at radius 1 is 1.14 bits per heavy atom. The number of ether oxygens (including phenoxy) is 1. The van der Waals surface area contributed by atoms with Crippen molar-refractivity contribution in [3.05, 3.63) is 29.8 Å². The van der Waals surface area contributed by atoms with Gasteiger partial charge in [-0.15, -0.1) is 0 Å². The fourth-order valence-electron chi connectivity index (χ4n) is 2.89. The van der Waals surface area contributed by atoms with Crippen LogP contribution in [0.4, 0.5) is 0 Å². The largest absolute Gasteiger partial charge is 0.449 e. The van der Waals surface area contributed by atoms with Crippen LogP contribution in [0.15, 0.2) is 29.2 Å². The number of rotatable bonds is 5. The van der Waals surface area contributed by atoms with Crippen molar-refractivity contribution in [3.63, 3.8) is 0 Å². The van der Waals surface area contributed by atoms with Gasteiger partial charge in [-0.1, -0.05) is 6.92 Å². The van der Waals surface area contributed by atoms with Gasteiger partial charge in [0.15, 0.2) is 6.10 Å². The molecule has 0 saturated carbocycles. The summed E-state index contributed by atoms with van der Waals surface area (Å²) in [7, 11) is -3.57. The van der Waals surface area contributed by atoms with Crippen LogP contribution >= 0.6 is 0 Å². The van der Waals surface area contributed by atoms with Crippen LogP contribution in [-0.2, 0) is 19.6 Å². The predicted molar refractivity (Wildman–Crippen MR) is 106 cm³/mol. The van der Waals surface area contributed by atoms with Crippen molar-refractivity contribution in [2.24, 2.45) is 5.92 Å². The molecule has 0 aromatic heterocycles. The first-order chi connectivity index (χ1) is 12.9. The third-order valence-corrected chi connectivity index (χ3v) is 6.53. The topological polar surface area (TPSA) is 92.8 Å². The standard InChI is InChI=1S/C20H30N2O5S/c1-14-10-12-22(13-11-14)28(25,26)17-8-6-16(7-9-17)19(24)27-15(2)18(23)21-20(3,4)5/h6-9,14-15H,10-13H2,1-5H3,(H,21,23)/t15-/m0/s1. The first-order valence-electron chi connectivity index (χ1n) is 9.53. The molecule has 8 heteroatoms. The minimum Gasteiger partial charge on any atom is -0.449 e. The summed E-state index contributed by atoms with van der Waals surface area (Å²) < 4.78 is 32.1. The van der Waals surface area contributed by atoms with Gasteiger partial charge < -0.3 is 10.1 Å². The molecule has 1 aromatic rings. The summed E-state index contributed by atoms with van der Waals surface area (Å²) in [5, 5.41) is 2.74. The van der Waals surface area contributed by atoms with Gasteiger partial charge in [0.25, 0.3) is 5.91 Å². The van der Waals surface area contributed by atoms with Crippen molar-refractivity contribution >= 4 is 21.9 Å². The second-order valence-corrected chi connectivity index (χ2v) is 10.3. The van der Waals surface area contributed by atoms with Crippen molar-refractivity contribution in [3.8, 4) is 0 Å². The number of sulfonamides is 1. The Labute approximate surface area is 167 Å². The summed E-state index contributed by atoms with van der Waals surface area (Å²) >= 11 is 0. The number of piperidine rings is 1. The molecule has 28 heavy (non-hydrogen) atoms. The van der Waals surface area contributed by atoms with Crippen molar-refractivity contribution in [2.75, 3.05) is 13.1 Å². The Morgan fingerprint density at radius 2 is 1.68 bits per heavy atom. The van der Waals surface area contributed by atoms with Gasteiger partial charge in [0.05, 0.1) is 10.5 Å². The third kappa shape index (κ3) is 5.78. The van der Waals surface area contributed by atoms with E-state index in [9.17, 15) is 18.0 Å². The molecular weight excluding hydrogens is 380 g/mol. The van der Waals surface area contributed by atoms with Crippen LogP contribution in [0.25, 0.3) is 0 Å². The number of carbonyl (C=O) groups is 2. The van der Waals surface area contributed by atoms with Gasteiger partial charge in [-0.3, -0.25) is 4.79 Å². The number of hydrogen-bond donors (Lipinski definition) is 1. The minimum atomic E-state index is -3.57. The summed E-state index contributed by atoms with van der Waals surface area (Å²) in [5.41, 5.74) is -0.235. The van der Waals surface area contributed by atoms with Crippen LogP contribution in [0, 0.1) is 5.92 Å². The van der Waals surface area contributed by atoms with Crippen LogP contribution in [0.3, 0.4) is 0 Å². The monoisotopic (exact) mass is 410 g/mol. The number of esters is 1. The first-order valence-corrected chi connectivity index (χ1v) is 11.0. The van der Waals surface area contributed by atoms with Crippen molar-refractivity contribution in [2.45, 2.75) is 64.0 Å². The van der Waals surface area contributed by atoms with E-state index in [0.717, 1.165) is 12.8 Å². The first kappa shape index (κ1) is 22.4. The zero-order valence-corrected chi connectivity index (χ0v) is 18.0. The number of carbonyl (C=O) groups excluding carboxylic acids is 2. The number of benzene rings is 1. The number of nitrogens with zero attached hydrogens (tertiary/aromatic N) is 1. The van der Waals surface area contributed by atoms with Gasteiger partial charge in [-0.05, 0) is 70.7 Å². The van der Waals surface area contributed by atoms with E-state index in [4.69, 9.17) is 4.74 Å². The zero-order chi connectivity index (χ0) is 21.1. The fraction of sp³-hybridized carbons (Fsp3) is 0.600. The smallest absolute Gasteiger partial charge is 0.338 e. The van der Waals surface area contributed by atoms with E-state index in [1.807, 2.05) is 20.8 Å². The molecule has 1 atom stereocenters. The molecule has 0 bridgehead atoms. The maximum atomic E-state index is 12.7. The normalized spacial score (nSPS) is 17.8. The van der Waals surface area contributed by atoms with Gasteiger partial charge in [0.2, 0.25) is 10.0 Å². The summed E-state index contributed by atoms with van der Waals surface area (Å²) in [4.78, 5) is 24.4. The molecule has 7 nitrogen and oxygen atoms in total. The summed E-state index contributed by atoms with van der Waals surface area (Å²) in [5.74, 6) is -0.534. The van der Waals surface area contributed by atoms with E-state index in [0.29, 0.717) is 19.0 Å². The van der Waals surface area contributed by atoms with Gasteiger partial charge >= 0.3 is 5.97 Å². The Hall–Kier alpha value is -1.93. The maximum absolute atomic E-state index is 12.7.